The van der Waals surface area contributed by atoms with Crippen molar-refractivity contribution in [1.82, 2.24) is 10.2 Å². The predicted octanol–water partition coefficient (Wildman–Crippen LogP) is 7.47. The molecule has 47 heavy (non-hydrogen) atoms. The van der Waals surface area contributed by atoms with Gasteiger partial charge in [-0.1, -0.05) is 121 Å². The molecule has 4 aromatic rings. The monoisotopic (exact) mass is 722 g/mol. The van der Waals surface area contributed by atoms with Crippen molar-refractivity contribution < 1.29 is 19.1 Å². The number of halogens is 1. The molecule has 0 bridgehead atoms. The van der Waals surface area contributed by atoms with Crippen LogP contribution in [0.3, 0.4) is 0 Å². The quantitative estimate of drug-likeness (QED) is 0.107. The zero-order valence-corrected chi connectivity index (χ0v) is 28.5. The van der Waals surface area contributed by atoms with Crippen LogP contribution in [-0.4, -0.2) is 39.9 Å². The summed E-state index contributed by atoms with van der Waals surface area (Å²) < 4.78 is 7.31. The van der Waals surface area contributed by atoms with Crippen LogP contribution in [0.25, 0.3) is 5.57 Å². The van der Waals surface area contributed by atoms with E-state index in [1.807, 2.05) is 109 Å². The summed E-state index contributed by atoms with van der Waals surface area (Å²) in [5, 5.41) is 6.84. The topological polar surface area (TPSA) is 75.7 Å². The van der Waals surface area contributed by atoms with Crippen molar-refractivity contribution in [2.75, 3.05) is 5.75 Å². The van der Waals surface area contributed by atoms with E-state index in [1.165, 1.54) is 0 Å². The van der Waals surface area contributed by atoms with Gasteiger partial charge >= 0.3 is 5.97 Å². The first-order chi connectivity index (χ1) is 23.0. The zero-order chi connectivity index (χ0) is 32.3. The number of fused-ring (bicyclic) bond motifs is 1. The van der Waals surface area contributed by atoms with Crippen LogP contribution in [0.5, 0.6) is 0 Å². The molecule has 3 aliphatic heterocycles. The van der Waals surface area contributed by atoms with E-state index in [4.69, 9.17) is 4.74 Å². The van der Waals surface area contributed by atoms with Gasteiger partial charge in [0.25, 0.3) is 5.91 Å². The van der Waals surface area contributed by atoms with Crippen LogP contribution in [-0.2, 0) is 25.5 Å². The molecule has 2 amide bonds. The first kappa shape index (κ1) is 31.3. The molecule has 236 valence electrons. The molecule has 1 N–H and O–H groups in total. The van der Waals surface area contributed by atoms with Gasteiger partial charge in [-0.05, 0) is 49.0 Å². The molecule has 0 radical (unpaired) electrons. The van der Waals surface area contributed by atoms with Crippen molar-refractivity contribution >= 4 is 61.9 Å². The SMILES string of the molecule is O=C(Cc1ccccc1)N[C@@H]1C(=O)N2C(C(=O)OC(c3ccccc3)c3ccccc3)=C([SH]3C=C(Br)C(c4ccccc4)=C3)CSC12. The Labute approximate surface area is 289 Å². The standard InChI is InChI=1S/C38H31BrN2O4S2/c39-30-24-47(23-29(30)26-15-7-2-8-16-26)31-22-46-37-33(40-32(42)21-25-13-5-1-6-14-25)36(43)41(37)34(31)38(44)45-35(27-17-9-3-10-18-27)28-19-11-4-12-20-28/h1-20,23-24,33,35,37,47H,21-22H2,(H,40,42)/t33-,37?/m1/s1. The molecular weight excluding hydrogens is 692 g/mol. The number of thioether (sulfide) groups is 1. The van der Waals surface area contributed by atoms with E-state index in [0.717, 1.165) is 37.2 Å². The maximum atomic E-state index is 14.4. The van der Waals surface area contributed by atoms with Crippen LogP contribution in [0.4, 0.5) is 0 Å². The van der Waals surface area contributed by atoms with Crippen molar-refractivity contribution in [3.63, 3.8) is 0 Å². The van der Waals surface area contributed by atoms with Crippen molar-refractivity contribution in [2.45, 2.75) is 23.9 Å². The largest absolute Gasteiger partial charge is 0.448 e. The minimum atomic E-state index is -1.06. The van der Waals surface area contributed by atoms with Gasteiger partial charge in [0.15, 0.2) is 6.10 Å². The Bertz CT molecular complexity index is 1860. The second-order valence-electron chi connectivity index (χ2n) is 11.3. The fourth-order valence-corrected chi connectivity index (χ4v) is 10.9. The van der Waals surface area contributed by atoms with Gasteiger partial charge in [0, 0.05) is 20.7 Å². The number of hydrogen-bond acceptors (Lipinski definition) is 5. The molecule has 6 nitrogen and oxygen atoms in total. The minimum Gasteiger partial charge on any atom is -0.448 e. The van der Waals surface area contributed by atoms with Crippen LogP contribution in [0.1, 0.15) is 28.4 Å². The van der Waals surface area contributed by atoms with Crippen LogP contribution in [0.2, 0.25) is 0 Å². The average molecular weight is 724 g/mol. The van der Waals surface area contributed by atoms with Crippen LogP contribution in [0.15, 0.2) is 147 Å². The van der Waals surface area contributed by atoms with Gasteiger partial charge in [-0.3, -0.25) is 14.5 Å². The number of carbonyl (C=O) groups is 3. The first-order valence-electron chi connectivity index (χ1n) is 15.2. The molecule has 1 fully saturated rings. The van der Waals surface area contributed by atoms with E-state index < -0.39 is 34.4 Å². The van der Waals surface area contributed by atoms with Crippen LogP contribution >= 0.6 is 38.6 Å². The van der Waals surface area contributed by atoms with E-state index in [0.29, 0.717) is 5.75 Å². The number of nitrogens with one attached hydrogen (secondary N) is 1. The van der Waals surface area contributed by atoms with E-state index in [2.05, 4.69) is 44.2 Å². The van der Waals surface area contributed by atoms with Crippen LogP contribution < -0.4 is 5.32 Å². The first-order valence-corrected chi connectivity index (χ1v) is 18.6. The zero-order valence-electron chi connectivity index (χ0n) is 25.2. The summed E-state index contributed by atoms with van der Waals surface area (Å²) in [5.74, 6) is -0.580. The number of benzene rings is 4. The van der Waals surface area contributed by atoms with Crippen molar-refractivity contribution in [3.8, 4) is 0 Å². The lowest BCUT2D eigenvalue weighted by Gasteiger charge is -2.50. The molecule has 1 saturated heterocycles. The molecule has 3 heterocycles. The molecule has 0 saturated carbocycles. The maximum absolute atomic E-state index is 14.4. The summed E-state index contributed by atoms with van der Waals surface area (Å²) in [5.41, 5.74) is 4.93. The highest BCUT2D eigenvalue weighted by atomic mass is 79.9. The number of thiol groups is 1. The lowest BCUT2D eigenvalue weighted by molar-refractivity contribution is -0.154. The summed E-state index contributed by atoms with van der Waals surface area (Å²) in [7, 11) is -1.06. The third-order valence-corrected chi connectivity index (χ3v) is 12.8. The van der Waals surface area contributed by atoms with Crippen molar-refractivity contribution in [1.29, 1.82) is 0 Å². The Kier molecular flexibility index (Phi) is 9.20. The lowest BCUT2D eigenvalue weighted by atomic mass is 10.0. The van der Waals surface area contributed by atoms with Gasteiger partial charge in [-0.25, -0.2) is 4.79 Å². The molecule has 4 aromatic carbocycles. The number of rotatable bonds is 9. The van der Waals surface area contributed by atoms with Gasteiger partial charge in [-0.2, -0.15) is 10.9 Å². The summed E-state index contributed by atoms with van der Waals surface area (Å²) in [4.78, 5) is 43.7. The molecular formula is C38H31BrN2O4S2. The molecule has 0 aliphatic carbocycles. The highest BCUT2D eigenvalue weighted by Crippen LogP contribution is 2.56. The normalized spacial score (nSPS) is 21.0. The number of amides is 2. The number of nitrogens with zero attached hydrogens (tertiary/aromatic N) is 1. The number of carbonyl (C=O) groups excluding carboxylic acids is 3. The summed E-state index contributed by atoms with van der Waals surface area (Å²) in [6.07, 6.45) is -0.496. The summed E-state index contributed by atoms with van der Waals surface area (Å²) in [6, 6.07) is 38.0. The predicted molar refractivity (Wildman–Crippen MR) is 193 cm³/mol. The number of β-lactam (4-membered cyclic amide) rings is 1. The smallest absolute Gasteiger partial charge is 0.356 e. The molecule has 7 rings (SSSR count). The van der Waals surface area contributed by atoms with Gasteiger partial charge in [0.2, 0.25) is 5.91 Å². The Morgan fingerprint density at radius 3 is 2.04 bits per heavy atom. The van der Waals surface area contributed by atoms with E-state index in [1.54, 1.807) is 16.7 Å². The highest BCUT2D eigenvalue weighted by Gasteiger charge is 2.55. The maximum Gasteiger partial charge on any atom is 0.356 e. The number of hydrogen-bond donors (Lipinski definition) is 2. The van der Waals surface area contributed by atoms with Gasteiger partial charge < -0.3 is 10.1 Å². The van der Waals surface area contributed by atoms with Gasteiger partial charge in [0.1, 0.15) is 17.1 Å². The van der Waals surface area contributed by atoms with Gasteiger partial charge in [-0.15, -0.1) is 11.8 Å². The number of esters is 1. The molecule has 0 spiro atoms. The number of allylic oxidation sites excluding steroid dienone is 2. The molecule has 2 unspecified atom stereocenters. The van der Waals surface area contributed by atoms with E-state index in [9.17, 15) is 14.4 Å². The highest BCUT2D eigenvalue weighted by molar-refractivity contribution is 9.12. The number of ether oxygens (including phenoxy) is 1. The third-order valence-electron chi connectivity index (χ3n) is 8.27. The van der Waals surface area contributed by atoms with E-state index >= 15 is 0 Å². The Morgan fingerprint density at radius 1 is 0.851 bits per heavy atom. The molecule has 9 heteroatoms. The Balaban J connectivity index is 1.22. The van der Waals surface area contributed by atoms with Crippen molar-refractivity contribution in [3.05, 3.63) is 169 Å². The van der Waals surface area contributed by atoms with E-state index in [-0.39, 0.29) is 23.9 Å². The third kappa shape index (κ3) is 6.48. The molecule has 3 atom stereocenters. The average Bonchev–Trinajstić information content (AvgIpc) is 3.51. The Morgan fingerprint density at radius 2 is 1.43 bits per heavy atom. The van der Waals surface area contributed by atoms with Crippen LogP contribution in [0, 0.1) is 0 Å². The summed E-state index contributed by atoms with van der Waals surface area (Å²) >= 11 is 5.33. The molecule has 0 aromatic heterocycles. The second kappa shape index (κ2) is 13.8. The molecule has 3 aliphatic rings. The second-order valence-corrected chi connectivity index (χ2v) is 15.1. The van der Waals surface area contributed by atoms with Crippen molar-refractivity contribution in [2.24, 2.45) is 0 Å². The Hall–Kier alpha value is -4.31. The van der Waals surface area contributed by atoms with Gasteiger partial charge in [0.05, 0.1) is 6.42 Å². The summed E-state index contributed by atoms with van der Waals surface area (Å²) in [6.45, 7) is 0. The minimum absolute atomic E-state index is 0.172. The fourth-order valence-electron chi connectivity index (χ4n) is 5.96. The lowest BCUT2D eigenvalue weighted by Crippen LogP contribution is -2.70. The fraction of sp³-hybridized carbons (Fsp3) is 0.132.